The molecule has 0 aliphatic heterocycles. The van der Waals surface area contributed by atoms with Gasteiger partial charge in [-0.3, -0.25) is 4.98 Å². The first kappa shape index (κ1) is 18.3. The Kier molecular flexibility index (Phi) is 4.98. The van der Waals surface area contributed by atoms with Gasteiger partial charge in [-0.2, -0.15) is 0 Å². The maximum Gasteiger partial charge on any atom is 0.340 e. The lowest BCUT2D eigenvalue weighted by atomic mass is 9.94. The average molecular weight is 363 g/mol. The van der Waals surface area contributed by atoms with Crippen LogP contribution in [0.5, 0.6) is 5.75 Å². The highest BCUT2D eigenvalue weighted by Gasteiger charge is 2.16. The summed E-state index contributed by atoms with van der Waals surface area (Å²) in [5.74, 6) is -0.403. The van der Waals surface area contributed by atoms with Crippen LogP contribution in [-0.4, -0.2) is 23.2 Å². The molecule has 0 saturated heterocycles. The number of anilines is 2. The van der Waals surface area contributed by atoms with Crippen LogP contribution in [0, 0.1) is 6.92 Å². The van der Waals surface area contributed by atoms with Gasteiger partial charge in [0.1, 0.15) is 5.75 Å². The Labute approximate surface area is 157 Å². The van der Waals surface area contributed by atoms with Crippen LogP contribution in [0.4, 0.5) is 11.4 Å². The second kappa shape index (κ2) is 7.37. The second-order valence-electron chi connectivity index (χ2n) is 6.31. The van der Waals surface area contributed by atoms with Crippen molar-refractivity contribution in [1.29, 1.82) is 0 Å². The zero-order chi connectivity index (χ0) is 19.6. The van der Waals surface area contributed by atoms with Gasteiger partial charge in [-0.1, -0.05) is 12.1 Å². The van der Waals surface area contributed by atoms with Crippen molar-refractivity contribution in [2.75, 3.05) is 18.6 Å². The molecule has 138 valence electrons. The van der Waals surface area contributed by atoms with Crippen molar-refractivity contribution in [1.82, 2.24) is 4.98 Å². The van der Waals surface area contributed by atoms with Crippen molar-refractivity contribution in [3.8, 4) is 16.9 Å². The minimum atomic E-state index is -0.561. The predicted molar refractivity (Wildman–Crippen MR) is 105 cm³/mol. The molecule has 1 aromatic heterocycles. The van der Waals surface area contributed by atoms with E-state index in [9.17, 15) is 9.90 Å². The van der Waals surface area contributed by atoms with Crippen LogP contribution in [-0.2, 0) is 11.2 Å². The van der Waals surface area contributed by atoms with Crippen LogP contribution < -0.4 is 11.5 Å². The predicted octanol–water partition coefficient (Wildman–Crippen LogP) is 3.30. The van der Waals surface area contributed by atoms with Gasteiger partial charge in [0.15, 0.2) is 0 Å². The molecule has 0 atom stereocenters. The fourth-order valence-electron chi connectivity index (χ4n) is 3.00. The van der Waals surface area contributed by atoms with Gasteiger partial charge in [-0.15, -0.1) is 0 Å². The van der Waals surface area contributed by atoms with Crippen LogP contribution in [0.2, 0.25) is 0 Å². The number of ether oxygens (including phenoxy) is 1. The lowest BCUT2D eigenvalue weighted by Crippen LogP contribution is -2.08. The average Bonchev–Trinajstić information content (AvgIpc) is 2.66. The first-order valence-electron chi connectivity index (χ1n) is 8.40. The van der Waals surface area contributed by atoms with E-state index >= 15 is 0 Å². The fourth-order valence-corrected chi connectivity index (χ4v) is 3.00. The van der Waals surface area contributed by atoms with Crippen molar-refractivity contribution < 1.29 is 14.6 Å². The number of methoxy groups -OCH3 is 1. The van der Waals surface area contributed by atoms with Crippen LogP contribution in [0.15, 0.2) is 48.7 Å². The highest BCUT2D eigenvalue weighted by Crippen LogP contribution is 2.34. The lowest BCUT2D eigenvalue weighted by molar-refractivity contribution is 0.0602. The summed E-state index contributed by atoms with van der Waals surface area (Å²) in [5, 5.41) is 10.6. The van der Waals surface area contributed by atoms with Gasteiger partial charge < -0.3 is 21.3 Å². The number of rotatable bonds is 4. The topological polar surface area (TPSA) is 111 Å². The number of nitrogens with zero attached hydrogens (tertiary/aromatic N) is 1. The highest BCUT2D eigenvalue weighted by atomic mass is 16.5. The van der Waals surface area contributed by atoms with E-state index in [2.05, 4.69) is 4.98 Å². The number of aryl methyl sites for hydroxylation is 1. The molecule has 0 saturated carbocycles. The van der Waals surface area contributed by atoms with Crippen molar-refractivity contribution in [3.63, 3.8) is 0 Å². The number of aromatic nitrogens is 1. The number of hydrogen-bond donors (Lipinski definition) is 3. The standard InChI is InChI=1S/C21H21N3O3/c1-12-7-13(10-19(25)16(12)11-15-5-3-4-6-24-15)14-8-17(21(26)27-2)20(23)18(22)9-14/h3-10,25H,11,22-23H2,1-2H3. The minimum absolute atomic E-state index is 0.158. The summed E-state index contributed by atoms with van der Waals surface area (Å²) < 4.78 is 4.77. The van der Waals surface area contributed by atoms with E-state index in [0.29, 0.717) is 12.0 Å². The van der Waals surface area contributed by atoms with Gasteiger partial charge in [0, 0.05) is 23.9 Å². The number of phenols is 1. The number of nitrogens with two attached hydrogens (primary N) is 2. The molecule has 27 heavy (non-hydrogen) atoms. The van der Waals surface area contributed by atoms with Crippen LogP contribution in [0.3, 0.4) is 0 Å². The largest absolute Gasteiger partial charge is 0.508 e. The maximum absolute atomic E-state index is 11.9. The van der Waals surface area contributed by atoms with Gasteiger partial charge in [-0.25, -0.2) is 4.79 Å². The van der Waals surface area contributed by atoms with Crippen molar-refractivity contribution in [2.24, 2.45) is 0 Å². The SMILES string of the molecule is COC(=O)c1cc(-c2cc(C)c(Cc3ccccn3)c(O)c2)cc(N)c1N. The van der Waals surface area contributed by atoms with Crippen LogP contribution >= 0.6 is 0 Å². The van der Waals surface area contributed by atoms with E-state index in [1.807, 2.05) is 31.2 Å². The molecule has 2 aromatic carbocycles. The molecule has 0 bridgehead atoms. The Morgan fingerprint density at radius 2 is 1.89 bits per heavy atom. The molecule has 3 aromatic rings. The Hall–Kier alpha value is -3.54. The molecule has 0 amide bonds. The van der Waals surface area contributed by atoms with Crippen molar-refractivity contribution in [3.05, 3.63) is 71.0 Å². The third kappa shape index (κ3) is 3.69. The van der Waals surface area contributed by atoms with E-state index in [-0.39, 0.29) is 22.7 Å². The number of hydrogen-bond acceptors (Lipinski definition) is 6. The molecule has 1 heterocycles. The number of carbonyl (C=O) groups excluding carboxylic acids is 1. The zero-order valence-corrected chi connectivity index (χ0v) is 15.2. The first-order chi connectivity index (χ1) is 12.9. The molecule has 0 fully saturated rings. The second-order valence-corrected chi connectivity index (χ2v) is 6.31. The molecule has 0 radical (unpaired) electrons. The molecule has 0 unspecified atom stereocenters. The molecule has 3 rings (SSSR count). The molecule has 5 N–H and O–H groups in total. The van der Waals surface area contributed by atoms with Crippen molar-refractivity contribution >= 4 is 17.3 Å². The Morgan fingerprint density at radius 1 is 1.15 bits per heavy atom. The van der Waals surface area contributed by atoms with Gasteiger partial charge >= 0.3 is 5.97 Å². The third-order valence-corrected chi connectivity index (χ3v) is 4.48. The van der Waals surface area contributed by atoms with E-state index in [1.165, 1.54) is 7.11 Å². The van der Waals surface area contributed by atoms with Crippen LogP contribution in [0.1, 0.15) is 27.2 Å². The van der Waals surface area contributed by atoms with Crippen LogP contribution in [0.25, 0.3) is 11.1 Å². The molecule has 0 aliphatic carbocycles. The number of phenolic OH excluding ortho intramolecular Hbond substituents is 1. The van der Waals surface area contributed by atoms with E-state index < -0.39 is 5.97 Å². The summed E-state index contributed by atoms with van der Waals surface area (Å²) in [7, 11) is 1.28. The molecule has 6 nitrogen and oxygen atoms in total. The maximum atomic E-state index is 11.9. The quantitative estimate of drug-likeness (QED) is 0.484. The molecule has 6 heteroatoms. The summed E-state index contributed by atoms with van der Waals surface area (Å²) in [6.07, 6.45) is 2.25. The number of nitrogen functional groups attached to an aromatic ring is 2. The van der Waals surface area contributed by atoms with Gasteiger partial charge in [-0.05, 0) is 53.9 Å². The highest BCUT2D eigenvalue weighted by molar-refractivity contribution is 6.00. The monoisotopic (exact) mass is 363 g/mol. The zero-order valence-electron chi connectivity index (χ0n) is 15.2. The number of esters is 1. The first-order valence-corrected chi connectivity index (χ1v) is 8.40. The molecular formula is C21H21N3O3. The summed E-state index contributed by atoms with van der Waals surface area (Å²) in [4.78, 5) is 16.3. The van der Waals surface area contributed by atoms with E-state index in [0.717, 1.165) is 22.4 Å². The minimum Gasteiger partial charge on any atom is -0.508 e. The normalized spacial score (nSPS) is 10.6. The van der Waals surface area contributed by atoms with Crippen molar-refractivity contribution in [2.45, 2.75) is 13.3 Å². The van der Waals surface area contributed by atoms with Gasteiger partial charge in [0.25, 0.3) is 0 Å². The Morgan fingerprint density at radius 3 is 2.52 bits per heavy atom. The third-order valence-electron chi connectivity index (χ3n) is 4.48. The summed E-state index contributed by atoms with van der Waals surface area (Å²) >= 11 is 0. The van der Waals surface area contributed by atoms with E-state index in [1.54, 1.807) is 24.4 Å². The summed E-state index contributed by atoms with van der Waals surface area (Å²) in [5.41, 5.74) is 16.5. The molecular weight excluding hydrogens is 342 g/mol. The Balaban J connectivity index is 2.04. The van der Waals surface area contributed by atoms with E-state index in [4.69, 9.17) is 16.2 Å². The number of aromatic hydroxyl groups is 1. The smallest absolute Gasteiger partial charge is 0.340 e. The number of pyridine rings is 1. The molecule has 0 spiro atoms. The summed E-state index contributed by atoms with van der Waals surface area (Å²) in [6, 6.07) is 12.5. The van der Waals surface area contributed by atoms with Gasteiger partial charge in [0.05, 0.1) is 24.0 Å². The Bertz CT molecular complexity index is 978. The number of carbonyl (C=O) groups is 1. The fraction of sp³-hybridized carbons (Fsp3) is 0.143. The number of benzene rings is 2. The molecule has 0 aliphatic rings. The lowest BCUT2D eigenvalue weighted by Gasteiger charge is -2.14. The van der Waals surface area contributed by atoms with Gasteiger partial charge in [0.2, 0.25) is 0 Å². The summed E-state index contributed by atoms with van der Waals surface area (Å²) in [6.45, 7) is 1.92.